The smallest absolute Gasteiger partial charge is 0.263 e. The summed E-state index contributed by atoms with van der Waals surface area (Å²) in [6, 6.07) is 11.4. The number of halogens is 1. The molecule has 0 N–H and O–H groups in total. The predicted molar refractivity (Wildman–Crippen MR) is 104 cm³/mol. The highest BCUT2D eigenvalue weighted by Crippen LogP contribution is 2.23. The molecule has 1 aromatic carbocycles. The van der Waals surface area contributed by atoms with Crippen molar-refractivity contribution in [2.24, 2.45) is 0 Å². The number of pyridine rings is 1. The third-order valence-electron chi connectivity index (χ3n) is 4.62. The minimum atomic E-state index is -0.475. The van der Waals surface area contributed by atoms with Crippen LogP contribution in [-0.4, -0.2) is 48.1 Å². The van der Waals surface area contributed by atoms with Gasteiger partial charge in [0.25, 0.3) is 5.91 Å². The van der Waals surface area contributed by atoms with Crippen molar-refractivity contribution in [1.82, 2.24) is 9.88 Å². The van der Waals surface area contributed by atoms with Crippen molar-refractivity contribution in [3.8, 4) is 5.75 Å². The molecule has 3 rings (SSSR count). The summed E-state index contributed by atoms with van der Waals surface area (Å²) in [6.45, 7) is 6.80. The Kier molecular flexibility index (Phi) is 5.99. The van der Waals surface area contributed by atoms with Gasteiger partial charge in [0.05, 0.1) is 0 Å². The number of ether oxygens (including phenoxy) is 1. The summed E-state index contributed by atoms with van der Waals surface area (Å²) < 4.78 is 5.95. The summed E-state index contributed by atoms with van der Waals surface area (Å²) in [5.74, 6) is 1.68. The summed E-state index contributed by atoms with van der Waals surface area (Å²) in [7, 11) is 0. The highest BCUT2D eigenvalue weighted by molar-refractivity contribution is 6.31. The van der Waals surface area contributed by atoms with Crippen LogP contribution in [0.4, 0.5) is 5.82 Å². The number of aromatic nitrogens is 1. The lowest BCUT2D eigenvalue weighted by atomic mass is 10.2. The van der Waals surface area contributed by atoms with Gasteiger partial charge >= 0.3 is 0 Å². The molecule has 5 nitrogen and oxygen atoms in total. The summed E-state index contributed by atoms with van der Waals surface area (Å²) >= 11 is 6.06. The van der Waals surface area contributed by atoms with Crippen molar-refractivity contribution >= 4 is 23.3 Å². The fourth-order valence-electron chi connectivity index (χ4n) is 3.06. The molecule has 6 heteroatoms. The summed E-state index contributed by atoms with van der Waals surface area (Å²) in [6.07, 6.45) is 1.94. The van der Waals surface area contributed by atoms with Gasteiger partial charge in [-0.2, -0.15) is 0 Å². The van der Waals surface area contributed by atoms with Crippen LogP contribution in [0.25, 0.3) is 0 Å². The van der Waals surface area contributed by atoms with Gasteiger partial charge in [-0.3, -0.25) is 4.79 Å². The molecule has 2 heterocycles. The Morgan fingerprint density at radius 1 is 1.23 bits per heavy atom. The number of aryl methyl sites for hydroxylation is 1. The molecule has 0 radical (unpaired) electrons. The maximum absolute atomic E-state index is 12.9. The van der Waals surface area contributed by atoms with Gasteiger partial charge in [-0.1, -0.05) is 24.6 Å². The van der Waals surface area contributed by atoms with E-state index in [9.17, 15) is 4.79 Å². The molecule has 1 aliphatic heterocycles. The zero-order chi connectivity index (χ0) is 18.5. The number of piperazine rings is 1. The Morgan fingerprint density at radius 3 is 2.62 bits per heavy atom. The Morgan fingerprint density at radius 2 is 2.00 bits per heavy atom. The minimum absolute atomic E-state index is 0.0424. The number of hydrogen-bond acceptors (Lipinski definition) is 4. The second-order valence-electron chi connectivity index (χ2n) is 6.43. The largest absolute Gasteiger partial charge is 0.481 e. The van der Waals surface area contributed by atoms with Crippen LogP contribution in [0.15, 0.2) is 42.6 Å². The maximum Gasteiger partial charge on any atom is 0.263 e. The monoisotopic (exact) mass is 373 g/mol. The molecule has 1 saturated heterocycles. The number of carbonyl (C=O) groups is 1. The van der Waals surface area contributed by atoms with E-state index in [2.05, 4.69) is 9.88 Å². The first kappa shape index (κ1) is 18.5. The van der Waals surface area contributed by atoms with Crippen LogP contribution >= 0.6 is 11.6 Å². The Balaban J connectivity index is 1.60. The predicted octanol–water partition coefficient (Wildman–Crippen LogP) is 3.55. The zero-order valence-corrected chi connectivity index (χ0v) is 15.9. The van der Waals surface area contributed by atoms with Crippen LogP contribution in [0.5, 0.6) is 5.75 Å². The number of benzene rings is 1. The molecule has 0 aliphatic carbocycles. The van der Waals surface area contributed by atoms with Crippen molar-refractivity contribution in [3.05, 3.63) is 53.2 Å². The van der Waals surface area contributed by atoms with Gasteiger partial charge in [0.2, 0.25) is 0 Å². The lowest BCUT2D eigenvalue weighted by Crippen LogP contribution is -2.52. The molecule has 1 fully saturated rings. The first-order chi connectivity index (χ1) is 12.6. The molecular weight excluding hydrogens is 350 g/mol. The van der Waals surface area contributed by atoms with Gasteiger partial charge in [0, 0.05) is 37.4 Å². The number of carbonyl (C=O) groups excluding carboxylic acids is 1. The van der Waals surface area contributed by atoms with Crippen molar-refractivity contribution in [3.63, 3.8) is 0 Å². The van der Waals surface area contributed by atoms with E-state index in [0.717, 1.165) is 24.5 Å². The highest BCUT2D eigenvalue weighted by atomic mass is 35.5. The molecule has 26 heavy (non-hydrogen) atoms. The zero-order valence-electron chi connectivity index (χ0n) is 15.2. The number of rotatable bonds is 5. The minimum Gasteiger partial charge on any atom is -0.481 e. The Hall–Kier alpha value is -2.27. The van der Waals surface area contributed by atoms with Crippen molar-refractivity contribution in [2.45, 2.75) is 26.4 Å². The topological polar surface area (TPSA) is 45.7 Å². The van der Waals surface area contributed by atoms with Gasteiger partial charge in [-0.05, 0) is 49.2 Å². The molecule has 0 spiro atoms. The van der Waals surface area contributed by atoms with Gasteiger partial charge in [-0.15, -0.1) is 0 Å². The van der Waals surface area contributed by atoms with Crippen LogP contribution < -0.4 is 9.64 Å². The van der Waals surface area contributed by atoms with E-state index >= 15 is 0 Å². The van der Waals surface area contributed by atoms with E-state index in [1.54, 1.807) is 12.3 Å². The van der Waals surface area contributed by atoms with Crippen LogP contribution in [0, 0.1) is 6.92 Å². The molecule has 1 amide bonds. The quantitative estimate of drug-likeness (QED) is 0.804. The van der Waals surface area contributed by atoms with Crippen molar-refractivity contribution in [1.29, 1.82) is 0 Å². The fourth-order valence-corrected chi connectivity index (χ4v) is 3.18. The van der Waals surface area contributed by atoms with E-state index in [0.29, 0.717) is 30.3 Å². The molecular formula is C20H24ClN3O2. The molecule has 1 aliphatic rings. The van der Waals surface area contributed by atoms with Crippen molar-refractivity contribution < 1.29 is 9.53 Å². The molecule has 0 saturated carbocycles. The molecule has 1 atom stereocenters. The lowest BCUT2D eigenvalue weighted by Gasteiger charge is -2.36. The number of amides is 1. The Labute approximate surface area is 159 Å². The summed E-state index contributed by atoms with van der Waals surface area (Å²) in [5, 5.41) is 0.697. The second-order valence-corrected chi connectivity index (χ2v) is 6.83. The van der Waals surface area contributed by atoms with Crippen LogP contribution in [0.1, 0.15) is 18.9 Å². The number of anilines is 1. The first-order valence-electron chi connectivity index (χ1n) is 8.96. The summed E-state index contributed by atoms with van der Waals surface area (Å²) in [5.41, 5.74) is 0.940. The van der Waals surface area contributed by atoms with E-state index in [1.165, 1.54) is 0 Å². The third-order valence-corrected chi connectivity index (χ3v) is 5.04. The van der Waals surface area contributed by atoms with Crippen molar-refractivity contribution in [2.75, 3.05) is 31.1 Å². The molecule has 2 aromatic rings. The van der Waals surface area contributed by atoms with Gasteiger partial charge in [-0.25, -0.2) is 4.98 Å². The summed E-state index contributed by atoms with van der Waals surface area (Å²) in [4.78, 5) is 21.3. The molecule has 138 valence electrons. The van der Waals surface area contributed by atoms with Gasteiger partial charge in [0.1, 0.15) is 11.6 Å². The maximum atomic E-state index is 12.9. The fraction of sp³-hybridized carbons (Fsp3) is 0.400. The normalized spacial score (nSPS) is 15.7. The van der Waals surface area contributed by atoms with Crippen LogP contribution in [-0.2, 0) is 4.79 Å². The average molecular weight is 374 g/mol. The second kappa shape index (κ2) is 8.41. The molecule has 1 aromatic heterocycles. The van der Waals surface area contributed by atoms with E-state index in [-0.39, 0.29) is 5.91 Å². The number of nitrogens with zero attached hydrogens (tertiary/aromatic N) is 3. The molecule has 0 unspecified atom stereocenters. The lowest BCUT2D eigenvalue weighted by molar-refractivity contribution is -0.139. The standard InChI is InChI=1S/C20H24ClN3O2/c1-3-18(26-16-7-8-17(21)15(2)14-16)20(25)24-12-10-23(11-13-24)19-6-4-5-9-22-19/h4-9,14,18H,3,10-13H2,1-2H3/t18-/m0/s1. The highest BCUT2D eigenvalue weighted by Gasteiger charge is 2.28. The number of hydrogen-bond donors (Lipinski definition) is 0. The first-order valence-corrected chi connectivity index (χ1v) is 9.34. The third kappa shape index (κ3) is 4.28. The van der Waals surface area contributed by atoms with Gasteiger partial charge < -0.3 is 14.5 Å². The molecule has 0 bridgehead atoms. The van der Waals surface area contributed by atoms with Crippen LogP contribution in [0.2, 0.25) is 5.02 Å². The van der Waals surface area contributed by atoms with E-state index < -0.39 is 6.10 Å². The SMILES string of the molecule is CC[C@H](Oc1ccc(Cl)c(C)c1)C(=O)N1CCN(c2ccccn2)CC1. The van der Waals surface area contributed by atoms with E-state index in [4.69, 9.17) is 16.3 Å². The van der Waals surface area contributed by atoms with Gasteiger partial charge in [0.15, 0.2) is 6.10 Å². The van der Waals surface area contributed by atoms with E-state index in [1.807, 2.05) is 49.1 Å². The van der Waals surface area contributed by atoms with Crippen LogP contribution in [0.3, 0.4) is 0 Å². The Bertz CT molecular complexity index is 746. The average Bonchev–Trinajstić information content (AvgIpc) is 2.69.